The van der Waals surface area contributed by atoms with Crippen molar-refractivity contribution in [2.75, 3.05) is 0 Å². The summed E-state index contributed by atoms with van der Waals surface area (Å²) in [6.45, 7) is 7.11. The van der Waals surface area contributed by atoms with Crippen LogP contribution >= 0.6 is 0 Å². The highest BCUT2D eigenvalue weighted by molar-refractivity contribution is 5.89. The van der Waals surface area contributed by atoms with Gasteiger partial charge in [-0.05, 0) is 38.0 Å². The molecule has 0 saturated heterocycles. The van der Waals surface area contributed by atoms with Crippen LogP contribution in [0.15, 0.2) is 12.2 Å². The van der Waals surface area contributed by atoms with Gasteiger partial charge in [0.05, 0.1) is 0 Å². The summed E-state index contributed by atoms with van der Waals surface area (Å²) in [4.78, 5) is 34.2. The Morgan fingerprint density at radius 2 is 2.00 bits per heavy atom. The zero-order valence-electron chi connectivity index (χ0n) is 11.6. The maximum atomic E-state index is 12.2. The number of hydrogen-bond donors (Lipinski definition) is 1. The Kier molecular flexibility index (Phi) is 5.45. The van der Waals surface area contributed by atoms with E-state index in [2.05, 4.69) is 6.58 Å². The molecule has 4 nitrogen and oxygen atoms in total. The molecule has 0 heterocycles. The van der Waals surface area contributed by atoms with Gasteiger partial charge >= 0.3 is 5.97 Å². The normalized spacial score (nSPS) is 27.7. The standard InChI is InChI=1S/C15H22O4/c1-9-4-6-12(11(3)15(18)19)8-14(17)13(9)7-5-10(2)16/h9,12-13H,3-8H2,1-2H3,(H,18,19)/t9-,12+,13-/m0/s1. The van der Waals surface area contributed by atoms with E-state index in [0.29, 0.717) is 19.3 Å². The number of rotatable bonds is 5. The van der Waals surface area contributed by atoms with Crippen LogP contribution in [0.5, 0.6) is 0 Å². The summed E-state index contributed by atoms with van der Waals surface area (Å²) < 4.78 is 0. The number of carboxylic acid groups (broad SMARTS) is 1. The second-order valence-corrected chi connectivity index (χ2v) is 5.60. The SMILES string of the molecule is C=C(C(=O)O)[C@@H]1CC[C@H](C)[C@H](CCC(C)=O)C(=O)C1. The average Bonchev–Trinajstić information content (AvgIpc) is 2.45. The van der Waals surface area contributed by atoms with Gasteiger partial charge in [-0.3, -0.25) is 4.79 Å². The first kappa shape index (κ1) is 15.6. The second-order valence-electron chi connectivity index (χ2n) is 5.60. The lowest BCUT2D eigenvalue weighted by molar-refractivity contribution is -0.133. The molecular formula is C15H22O4. The van der Waals surface area contributed by atoms with E-state index in [1.807, 2.05) is 6.92 Å². The van der Waals surface area contributed by atoms with Crippen molar-refractivity contribution in [3.8, 4) is 0 Å². The van der Waals surface area contributed by atoms with Crippen molar-refractivity contribution in [3.63, 3.8) is 0 Å². The molecule has 106 valence electrons. The third kappa shape index (κ3) is 4.30. The summed E-state index contributed by atoms with van der Waals surface area (Å²) in [5, 5.41) is 8.96. The summed E-state index contributed by atoms with van der Waals surface area (Å²) in [6, 6.07) is 0. The molecule has 1 aliphatic carbocycles. The zero-order chi connectivity index (χ0) is 14.6. The minimum Gasteiger partial charge on any atom is -0.478 e. The number of carbonyl (C=O) groups excluding carboxylic acids is 2. The molecule has 4 heteroatoms. The Morgan fingerprint density at radius 1 is 1.37 bits per heavy atom. The van der Waals surface area contributed by atoms with Crippen molar-refractivity contribution in [1.82, 2.24) is 0 Å². The van der Waals surface area contributed by atoms with Gasteiger partial charge in [0, 0.05) is 24.3 Å². The summed E-state index contributed by atoms with van der Waals surface area (Å²) in [7, 11) is 0. The molecule has 1 saturated carbocycles. The summed E-state index contributed by atoms with van der Waals surface area (Å²) >= 11 is 0. The second kappa shape index (κ2) is 6.64. The predicted molar refractivity (Wildman–Crippen MR) is 71.7 cm³/mol. The summed E-state index contributed by atoms with van der Waals surface area (Å²) in [6.07, 6.45) is 2.75. The van der Waals surface area contributed by atoms with E-state index in [0.717, 1.165) is 6.42 Å². The van der Waals surface area contributed by atoms with Crippen LogP contribution in [0.4, 0.5) is 0 Å². The van der Waals surface area contributed by atoms with E-state index in [4.69, 9.17) is 5.11 Å². The van der Waals surface area contributed by atoms with Crippen LogP contribution in [0.25, 0.3) is 0 Å². The number of aliphatic carboxylic acids is 1. The fourth-order valence-corrected chi connectivity index (χ4v) is 2.76. The minimum atomic E-state index is -1.02. The number of carboxylic acids is 1. The molecule has 1 fully saturated rings. The Labute approximate surface area is 113 Å². The largest absolute Gasteiger partial charge is 0.478 e. The molecule has 1 rings (SSSR count). The highest BCUT2D eigenvalue weighted by Gasteiger charge is 2.33. The minimum absolute atomic E-state index is 0.0821. The molecule has 1 N–H and O–H groups in total. The third-order valence-electron chi connectivity index (χ3n) is 4.09. The van der Waals surface area contributed by atoms with Gasteiger partial charge in [0.15, 0.2) is 0 Å². The fourth-order valence-electron chi connectivity index (χ4n) is 2.76. The molecular weight excluding hydrogens is 244 g/mol. The first-order chi connectivity index (χ1) is 8.82. The number of hydrogen-bond acceptors (Lipinski definition) is 3. The molecule has 19 heavy (non-hydrogen) atoms. The lowest BCUT2D eigenvalue weighted by Crippen LogP contribution is -2.22. The van der Waals surface area contributed by atoms with Crippen molar-refractivity contribution in [2.24, 2.45) is 17.8 Å². The zero-order valence-corrected chi connectivity index (χ0v) is 11.6. The van der Waals surface area contributed by atoms with Gasteiger partial charge in [-0.2, -0.15) is 0 Å². The highest BCUT2D eigenvalue weighted by atomic mass is 16.4. The summed E-state index contributed by atoms with van der Waals surface area (Å²) in [5.41, 5.74) is 0.132. The van der Waals surface area contributed by atoms with Crippen LogP contribution in [-0.2, 0) is 14.4 Å². The van der Waals surface area contributed by atoms with Crippen molar-refractivity contribution >= 4 is 17.5 Å². The van der Waals surface area contributed by atoms with Gasteiger partial charge in [-0.25, -0.2) is 4.79 Å². The van der Waals surface area contributed by atoms with Crippen LogP contribution in [0.2, 0.25) is 0 Å². The lowest BCUT2D eigenvalue weighted by atomic mass is 9.84. The Hall–Kier alpha value is -1.45. The fraction of sp³-hybridized carbons (Fsp3) is 0.667. The quantitative estimate of drug-likeness (QED) is 0.613. The average molecular weight is 266 g/mol. The molecule has 0 unspecified atom stereocenters. The van der Waals surface area contributed by atoms with Gasteiger partial charge in [0.2, 0.25) is 0 Å². The van der Waals surface area contributed by atoms with E-state index in [-0.39, 0.29) is 41.3 Å². The highest BCUT2D eigenvalue weighted by Crippen LogP contribution is 2.34. The van der Waals surface area contributed by atoms with Gasteiger partial charge in [-0.15, -0.1) is 0 Å². The molecule has 0 radical (unpaired) electrons. The smallest absolute Gasteiger partial charge is 0.331 e. The van der Waals surface area contributed by atoms with Crippen LogP contribution in [0, 0.1) is 17.8 Å². The van der Waals surface area contributed by atoms with Gasteiger partial charge in [0.25, 0.3) is 0 Å². The molecule has 0 spiro atoms. The Balaban J connectivity index is 2.73. The van der Waals surface area contributed by atoms with Crippen LogP contribution in [0.1, 0.15) is 46.0 Å². The van der Waals surface area contributed by atoms with Crippen molar-refractivity contribution < 1.29 is 19.5 Å². The van der Waals surface area contributed by atoms with Crippen molar-refractivity contribution in [3.05, 3.63) is 12.2 Å². The van der Waals surface area contributed by atoms with E-state index in [1.165, 1.54) is 6.92 Å². The lowest BCUT2D eigenvalue weighted by Gasteiger charge is -2.19. The third-order valence-corrected chi connectivity index (χ3v) is 4.09. The maximum Gasteiger partial charge on any atom is 0.331 e. The molecule has 0 bridgehead atoms. The molecule has 0 amide bonds. The Morgan fingerprint density at radius 3 is 2.53 bits per heavy atom. The molecule has 0 aliphatic heterocycles. The number of carbonyl (C=O) groups is 3. The topological polar surface area (TPSA) is 71.4 Å². The predicted octanol–water partition coefficient (Wildman–Crippen LogP) is 2.62. The molecule has 0 aromatic rings. The Bertz CT molecular complexity index is 397. The molecule has 0 aromatic carbocycles. The van der Waals surface area contributed by atoms with E-state index in [9.17, 15) is 14.4 Å². The van der Waals surface area contributed by atoms with Crippen LogP contribution in [0.3, 0.4) is 0 Å². The van der Waals surface area contributed by atoms with Crippen LogP contribution in [-0.4, -0.2) is 22.6 Å². The van der Waals surface area contributed by atoms with Crippen LogP contribution < -0.4 is 0 Å². The first-order valence-electron chi connectivity index (χ1n) is 6.77. The van der Waals surface area contributed by atoms with Gasteiger partial charge in [-0.1, -0.05) is 13.5 Å². The van der Waals surface area contributed by atoms with E-state index >= 15 is 0 Å². The van der Waals surface area contributed by atoms with Crippen molar-refractivity contribution in [2.45, 2.75) is 46.0 Å². The molecule has 0 aromatic heterocycles. The maximum absolute atomic E-state index is 12.2. The van der Waals surface area contributed by atoms with E-state index in [1.54, 1.807) is 0 Å². The monoisotopic (exact) mass is 266 g/mol. The van der Waals surface area contributed by atoms with Crippen molar-refractivity contribution in [1.29, 1.82) is 0 Å². The summed E-state index contributed by atoms with van der Waals surface area (Å²) in [5.74, 6) is -1.01. The van der Waals surface area contributed by atoms with Gasteiger partial charge < -0.3 is 9.90 Å². The molecule has 1 aliphatic rings. The molecule has 3 atom stereocenters. The number of ketones is 2. The van der Waals surface area contributed by atoms with Gasteiger partial charge in [0.1, 0.15) is 11.6 Å². The first-order valence-corrected chi connectivity index (χ1v) is 6.77. The number of Topliss-reactive ketones (excluding diaryl/α,β-unsaturated/α-hetero) is 2. The van der Waals surface area contributed by atoms with E-state index < -0.39 is 5.97 Å².